The van der Waals surface area contributed by atoms with E-state index < -0.39 is 0 Å². The third-order valence-electron chi connectivity index (χ3n) is 1.71. The van der Waals surface area contributed by atoms with Crippen LogP contribution < -0.4 is 5.32 Å². The second kappa shape index (κ2) is 3.79. The molecule has 0 spiro atoms. The maximum absolute atomic E-state index is 4.30. The highest BCUT2D eigenvalue weighted by atomic mass is 32.2. The zero-order chi connectivity index (χ0) is 9.10. The van der Waals surface area contributed by atoms with E-state index in [0.29, 0.717) is 0 Å². The Morgan fingerprint density at radius 1 is 1.46 bits per heavy atom. The summed E-state index contributed by atoms with van der Waals surface area (Å²) in [5.41, 5.74) is 2.18. The summed E-state index contributed by atoms with van der Waals surface area (Å²) >= 11 is 1.75. The van der Waals surface area contributed by atoms with Gasteiger partial charge in [0.15, 0.2) is 5.17 Å². The van der Waals surface area contributed by atoms with Crippen LogP contribution in [0.2, 0.25) is 0 Å². The van der Waals surface area contributed by atoms with E-state index in [1.807, 2.05) is 19.3 Å². The number of hydrogen-bond acceptors (Lipinski definition) is 4. The molecule has 0 amide bonds. The summed E-state index contributed by atoms with van der Waals surface area (Å²) in [7, 11) is 0. The van der Waals surface area contributed by atoms with Gasteiger partial charge in [-0.05, 0) is 18.6 Å². The third-order valence-corrected chi connectivity index (χ3v) is 2.60. The third kappa shape index (κ3) is 2.21. The van der Waals surface area contributed by atoms with Crippen LogP contribution in [-0.4, -0.2) is 22.4 Å². The molecular formula is C9H11N3S. The molecule has 0 aromatic carbocycles. The van der Waals surface area contributed by atoms with Crippen molar-refractivity contribution < 1.29 is 0 Å². The fourth-order valence-electron chi connectivity index (χ4n) is 1.16. The summed E-state index contributed by atoms with van der Waals surface area (Å²) in [6.45, 7) is 2.95. The maximum atomic E-state index is 4.30. The topological polar surface area (TPSA) is 37.3 Å². The molecule has 4 heteroatoms. The average Bonchev–Trinajstić information content (AvgIpc) is 2.57. The Kier molecular flexibility index (Phi) is 2.49. The van der Waals surface area contributed by atoms with Gasteiger partial charge < -0.3 is 5.32 Å². The van der Waals surface area contributed by atoms with Crippen LogP contribution in [0.3, 0.4) is 0 Å². The van der Waals surface area contributed by atoms with Crippen molar-refractivity contribution in [3.05, 3.63) is 24.0 Å². The Hall–Kier alpha value is -1.03. The van der Waals surface area contributed by atoms with E-state index >= 15 is 0 Å². The van der Waals surface area contributed by atoms with Gasteiger partial charge >= 0.3 is 0 Å². The van der Waals surface area contributed by atoms with Crippen LogP contribution >= 0.6 is 11.8 Å². The first kappa shape index (κ1) is 8.56. The number of nitrogens with zero attached hydrogens (tertiary/aromatic N) is 2. The molecule has 1 aliphatic heterocycles. The zero-order valence-electron chi connectivity index (χ0n) is 7.45. The fraction of sp³-hybridized carbons (Fsp3) is 0.333. The molecule has 0 saturated carbocycles. The molecule has 1 N–H and O–H groups in total. The molecule has 0 saturated heterocycles. The van der Waals surface area contributed by atoms with Crippen LogP contribution in [0.25, 0.3) is 0 Å². The lowest BCUT2D eigenvalue weighted by Gasteiger charge is -2.04. The SMILES string of the molecule is Cc1cncc(NC2=NCCS2)c1. The smallest absolute Gasteiger partial charge is 0.161 e. The molecule has 0 radical (unpaired) electrons. The molecule has 0 aliphatic carbocycles. The summed E-state index contributed by atoms with van der Waals surface area (Å²) in [6, 6.07) is 2.06. The second-order valence-electron chi connectivity index (χ2n) is 2.91. The van der Waals surface area contributed by atoms with Crippen molar-refractivity contribution in [1.29, 1.82) is 0 Å². The molecule has 0 fully saturated rings. The predicted octanol–water partition coefficient (Wildman–Crippen LogP) is 1.90. The van der Waals surface area contributed by atoms with Crippen molar-refractivity contribution in [2.45, 2.75) is 6.92 Å². The Morgan fingerprint density at radius 2 is 2.38 bits per heavy atom. The normalized spacial score (nSPS) is 15.6. The molecule has 68 valence electrons. The molecular weight excluding hydrogens is 182 g/mol. The maximum Gasteiger partial charge on any atom is 0.161 e. The monoisotopic (exact) mass is 193 g/mol. The number of aliphatic imine (C=N–C) groups is 1. The van der Waals surface area contributed by atoms with Crippen molar-refractivity contribution in [2.24, 2.45) is 4.99 Å². The highest BCUT2D eigenvalue weighted by Crippen LogP contribution is 2.15. The van der Waals surface area contributed by atoms with Gasteiger partial charge in [0.2, 0.25) is 0 Å². The van der Waals surface area contributed by atoms with E-state index in [9.17, 15) is 0 Å². The summed E-state index contributed by atoms with van der Waals surface area (Å²) in [5, 5.41) is 4.24. The number of aromatic nitrogens is 1. The van der Waals surface area contributed by atoms with E-state index in [1.165, 1.54) is 0 Å². The molecule has 3 nitrogen and oxygen atoms in total. The Balaban J connectivity index is 2.09. The highest BCUT2D eigenvalue weighted by molar-refractivity contribution is 8.14. The standard InChI is InChI=1S/C9H11N3S/c1-7-4-8(6-10-5-7)12-9-11-2-3-13-9/h4-6H,2-3H2,1H3,(H,11,12). The minimum atomic E-state index is 0.923. The number of nitrogens with one attached hydrogen (secondary N) is 1. The van der Waals surface area contributed by atoms with Crippen LogP contribution in [0.5, 0.6) is 0 Å². The molecule has 0 bridgehead atoms. The molecule has 0 unspecified atom stereocenters. The van der Waals surface area contributed by atoms with Gasteiger partial charge in [-0.3, -0.25) is 9.98 Å². The summed E-state index contributed by atoms with van der Waals surface area (Å²) in [5.74, 6) is 1.08. The van der Waals surface area contributed by atoms with E-state index in [0.717, 1.165) is 28.7 Å². The van der Waals surface area contributed by atoms with E-state index in [1.54, 1.807) is 11.8 Å². The minimum absolute atomic E-state index is 0.923. The fourth-order valence-corrected chi connectivity index (χ4v) is 1.91. The number of pyridine rings is 1. The van der Waals surface area contributed by atoms with Crippen LogP contribution in [-0.2, 0) is 0 Å². The molecule has 13 heavy (non-hydrogen) atoms. The number of hydrogen-bond donors (Lipinski definition) is 1. The lowest BCUT2D eigenvalue weighted by atomic mass is 10.3. The quantitative estimate of drug-likeness (QED) is 0.740. The van der Waals surface area contributed by atoms with Crippen LogP contribution in [0.1, 0.15) is 5.56 Å². The molecule has 1 aromatic heterocycles. The predicted molar refractivity (Wildman–Crippen MR) is 57.4 cm³/mol. The van der Waals surface area contributed by atoms with Crippen molar-refractivity contribution in [3.63, 3.8) is 0 Å². The largest absolute Gasteiger partial charge is 0.334 e. The highest BCUT2D eigenvalue weighted by Gasteiger charge is 2.06. The van der Waals surface area contributed by atoms with Gasteiger partial charge in [-0.25, -0.2) is 0 Å². The number of aryl methyl sites for hydroxylation is 1. The zero-order valence-corrected chi connectivity index (χ0v) is 8.27. The lowest BCUT2D eigenvalue weighted by Crippen LogP contribution is -2.05. The van der Waals surface area contributed by atoms with E-state index in [2.05, 4.69) is 21.4 Å². The first-order valence-electron chi connectivity index (χ1n) is 4.20. The van der Waals surface area contributed by atoms with E-state index in [-0.39, 0.29) is 0 Å². The molecule has 1 aromatic rings. The van der Waals surface area contributed by atoms with Gasteiger partial charge in [0.1, 0.15) is 0 Å². The summed E-state index contributed by atoms with van der Waals surface area (Å²) < 4.78 is 0. The second-order valence-corrected chi connectivity index (χ2v) is 3.99. The summed E-state index contributed by atoms with van der Waals surface area (Å²) in [4.78, 5) is 8.40. The van der Waals surface area contributed by atoms with Gasteiger partial charge in [-0.15, -0.1) is 0 Å². The first-order valence-corrected chi connectivity index (χ1v) is 5.19. The lowest BCUT2D eigenvalue weighted by molar-refractivity contribution is 1.17. The Morgan fingerprint density at radius 3 is 3.08 bits per heavy atom. The number of rotatable bonds is 1. The van der Waals surface area contributed by atoms with Gasteiger partial charge in [0.25, 0.3) is 0 Å². The van der Waals surface area contributed by atoms with Crippen molar-refractivity contribution in [1.82, 2.24) is 4.98 Å². The number of anilines is 1. The van der Waals surface area contributed by atoms with Crippen LogP contribution in [0, 0.1) is 6.92 Å². The van der Waals surface area contributed by atoms with Gasteiger partial charge in [0, 0.05) is 11.9 Å². The molecule has 2 heterocycles. The van der Waals surface area contributed by atoms with Crippen LogP contribution in [0.4, 0.5) is 5.69 Å². The molecule has 1 aliphatic rings. The molecule has 2 rings (SSSR count). The van der Waals surface area contributed by atoms with Crippen molar-refractivity contribution >= 4 is 22.6 Å². The summed E-state index contributed by atoms with van der Waals surface area (Å²) in [6.07, 6.45) is 3.66. The number of thioether (sulfide) groups is 1. The Labute approximate surface area is 81.7 Å². The Bertz CT molecular complexity index is 335. The molecule has 0 atom stereocenters. The van der Waals surface area contributed by atoms with E-state index in [4.69, 9.17) is 0 Å². The van der Waals surface area contributed by atoms with Crippen molar-refractivity contribution in [3.8, 4) is 0 Å². The number of amidine groups is 1. The minimum Gasteiger partial charge on any atom is -0.334 e. The van der Waals surface area contributed by atoms with Gasteiger partial charge in [-0.1, -0.05) is 11.8 Å². The van der Waals surface area contributed by atoms with Crippen LogP contribution in [0.15, 0.2) is 23.5 Å². The first-order chi connectivity index (χ1) is 6.34. The average molecular weight is 193 g/mol. The van der Waals surface area contributed by atoms with Gasteiger partial charge in [0.05, 0.1) is 18.4 Å². The van der Waals surface area contributed by atoms with Gasteiger partial charge in [-0.2, -0.15) is 0 Å². The van der Waals surface area contributed by atoms with Crippen molar-refractivity contribution in [2.75, 3.05) is 17.6 Å².